The molecule has 0 aliphatic carbocycles. The van der Waals surface area contributed by atoms with E-state index in [1.165, 1.54) is 0 Å². The summed E-state index contributed by atoms with van der Waals surface area (Å²) in [5, 5.41) is 5.40. The number of nitrogens with one attached hydrogen (secondary N) is 2. The highest BCUT2D eigenvalue weighted by molar-refractivity contribution is 6.30. The average Bonchev–Trinajstić information content (AvgIpc) is 3.10. The SMILES string of the molecule is C=C1CCc2cc(N3CCC(C(=O)NCc4cc(F)cc(Cl)c4F)C3=O)ccc2N1. The number of halogens is 3. The first-order valence-corrected chi connectivity index (χ1v) is 10.0. The number of rotatable bonds is 4. The van der Waals surface area contributed by atoms with Crippen LogP contribution >= 0.6 is 11.6 Å². The minimum atomic E-state index is -0.869. The number of hydrogen-bond donors (Lipinski definition) is 2. The third kappa shape index (κ3) is 3.89. The summed E-state index contributed by atoms with van der Waals surface area (Å²) in [5.74, 6) is -3.18. The Kier molecular flexibility index (Phi) is 5.47. The molecule has 0 aromatic heterocycles. The number of amides is 2. The van der Waals surface area contributed by atoms with Gasteiger partial charge in [-0.15, -0.1) is 0 Å². The summed E-state index contributed by atoms with van der Waals surface area (Å²) in [4.78, 5) is 27.0. The number of nitrogens with zero attached hydrogens (tertiary/aromatic N) is 1. The van der Waals surface area contributed by atoms with Crippen molar-refractivity contribution in [2.45, 2.75) is 25.8 Å². The van der Waals surface area contributed by atoms with Gasteiger partial charge in [-0.2, -0.15) is 0 Å². The van der Waals surface area contributed by atoms with Crippen LogP contribution in [0.15, 0.2) is 42.6 Å². The highest BCUT2D eigenvalue weighted by Gasteiger charge is 2.37. The van der Waals surface area contributed by atoms with Gasteiger partial charge in [0.2, 0.25) is 11.8 Å². The van der Waals surface area contributed by atoms with Crippen molar-refractivity contribution in [3.05, 3.63) is 70.4 Å². The van der Waals surface area contributed by atoms with Crippen LogP contribution < -0.4 is 15.5 Å². The third-order valence-electron chi connectivity index (χ3n) is 5.45. The lowest BCUT2D eigenvalue weighted by Gasteiger charge is -2.23. The second kappa shape index (κ2) is 8.07. The van der Waals surface area contributed by atoms with E-state index in [9.17, 15) is 18.4 Å². The van der Waals surface area contributed by atoms with E-state index in [4.69, 9.17) is 11.6 Å². The molecule has 5 nitrogen and oxygen atoms in total. The molecule has 0 radical (unpaired) electrons. The summed E-state index contributed by atoms with van der Waals surface area (Å²) in [6.07, 6.45) is 2.02. The van der Waals surface area contributed by atoms with Crippen molar-refractivity contribution in [3.63, 3.8) is 0 Å². The molecular formula is C22H20ClF2N3O2. The largest absolute Gasteiger partial charge is 0.359 e. The number of allylic oxidation sites excluding steroid dienone is 1. The molecule has 8 heteroatoms. The second-order valence-corrected chi connectivity index (χ2v) is 7.89. The van der Waals surface area contributed by atoms with E-state index in [1.54, 1.807) is 4.90 Å². The van der Waals surface area contributed by atoms with E-state index in [-0.39, 0.29) is 23.0 Å². The van der Waals surface area contributed by atoms with Gasteiger partial charge in [-0.05, 0) is 55.2 Å². The summed E-state index contributed by atoms with van der Waals surface area (Å²) in [5.41, 5.74) is 3.71. The molecule has 2 aliphatic heterocycles. The maximum atomic E-state index is 14.0. The zero-order valence-electron chi connectivity index (χ0n) is 16.1. The molecule has 156 valence electrons. The Bertz CT molecular complexity index is 1060. The van der Waals surface area contributed by atoms with Crippen molar-refractivity contribution in [3.8, 4) is 0 Å². The maximum absolute atomic E-state index is 14.0. The Balaban J connectivity index is 1.43. The predicted molar refractivity (Wildman–Crippen MR) is 111 cm³/mol. The smallest absolute Gasteiger partial charge is 0.239 e. The van der Waals surface area contributed by atoms with E-state index < -0.39 is 23.5 Å². The number of carbonyl (C=O) groups is 2. The Hall–Kier alpha value is -2.93. The molecule has 2 aromatic carbocycles. The number of hydrogen-bond acceptors (Lipinski definition) is 3. The van der Waals surface area contributed by atoms with E-state index in [1.807, 2.05) is 18.2 Å². The fourth-order valence-electron chi connectivity index (χ4n) is 3.84. The van der Waals surface area contributed by atoms with Gasteiger partial charge in [0, 0.05) is 35.7 Å². The topological polar surface area (TPSA) is 61.4 Å². The van der Waals surface area contributed by atoms with Gasteiger partial charge in [-0.25, -0.2) is 8.78 Å². The first-order valence-electron chi connectivity index (χ1n) is 9.63. The van der Waals surface area contributed by atoms with Gasteiger partial charge in [0.05, 0.1) is 5.02 Å². The van der Waals surface area contributed by atoms with Crippen molar-refractivity contribution in [1.82, 2.24) is 5.32 Å². The van der Waals surface area contributed by atoms with Crippen LogP contribution in [0.3, 0.4) is 0 Å². The zero-order chi connectivity index (χ0) is 21.4. The number of fused-ring (bicyclic) bond motifs is 1. The highest BCUT2D eigenvalue weighted by Crippen LogP contribution is 2.32. The van der Waals surface area contributed by atoms with Gasteiger partial charge in [-0.3, -0.25) is 9.59 Å². The second-order valence-electron chi connectivity index (χ2n) is 7.48. The van der Waals surface area contributed by atoms with Crippen LogP contribution in [0.4, 0.5) is 20.2 Å². The van der Waals surface area contributed by atoms with Gasteiger partial charge in [0.15, 0.2) is 0 Å². The van der Waals surface area contributed by atoms with Gasteiger partial charge < -0.3 is 15.5 Å². The predicted octanol–water partition coefficient (Wildman–Crippen LogP) is 4.16. The minimum absolute atomic E-state index is 0.0700. The molecule has 2 aliphatic rings. The lowest BCUT2D eigenvalue weighted by atomic mass is 10.0. The van der Waals surface area contributed by atoms with Crippen LogP contribution in [0.25, 0.3) is 0 Å². The van der Waals surface area contributed by atoms with Crippen LogP contribution in [-0.4, -0.2) is 18.4 Å². The summed E-state index contributed by atoms with van der Waals surface area (Å²) in [7, 11) is 0. The Morgan fingerprint density at radius 3 is 2.87 bits per heavy atom. The number of aryl methyl sites for hydroxylation is 1. The molecule has 1 unspecified atom stereocenters. The van der Waals surface area contributed by atoms with Crippen molar-refractivity contribution in [2.24, 2.45) is 5.92 Å². The van der Waals surface area contributed by atoms with Crippen LogP contribution in [-0.2, 0) is 22.6 Å². The van der Waals surface area contributed by atoms with E-state index in [2.05, 4.69) is 17.2 Å². The van der Waals surface area contributed by atoms with Crippen LogP contribution in [0.5, 0.6) is 0 Å². The van der Waals surface area contributed by atoms with Crippen LogP contribution in [0, 0.1) is 17.6 Å². The molecule has 2 aromatic rings. The number of carbonyl (C=O) groups excluding carboxylic acids is 2. The van der Waals surface area contributed by atoms with E-state index in [0.29, 0.717) is 13.0 Å². The Morgan fingerprint density at radius 2 is 2.07 bits per heavy atom. The molecule has 0 saturated carbocycles. The summed E-state index contributed by atoms with van der Waals surface area (Å²) >= 11 is 5.63. The van der Waals surface area contributed by atoms with Crippen molar-refractivity contribution < 1.29 is 18.4 Å². The molecule has 1 atom stereocenters. The van der Waals surface area contributed by atoms with Gasteiger partial charge in [-0.1, -0.05) is 18.2 Å². The Labute approximate surface area is 177 Å². The quantitative estimate of drug-likeness (QED) is 0.564. The molecule has 0 spiro atoms. The van der Waals surface area contributed by atoms with Crippen molar-refractivity contribution in [1.29, 1.82) is 0 Å². The molecule has 2 heterocycles. The average molecular weight is 432 g/mol. The molecule has 0 bridgehead atoms. The summed E-state index contributed by atoms with van der Waals surface area (Å²) in [6, 6.07) is 7.54. The Morgan fingerprint density at radius 1 is 1.27 bits per heavy atom. The fraction of sp³-hybridized carbons (Fsp3) is 0.273. The molecule has 2 amide bonds. The maximum Gasteiger partial charge on any atom is 0.239 e. The fourth-order valence-corrected chi connectivity index (χ4v) is 4.06. The first-order chi connectivity index (χ1) is 14.3. The van der Waals surface area contributed by atoms with E-state index in [0.717, 1.165) is 47.6 Å². The normalized spacial score (nSPS) is 18.2. The summed E-state index contributed by atoms with van der Waals surface area (Å²) in [6.45, 7) is 4.10. The van der Waals surface area contributed by atoms with Crippen LogP contribution in [0.2, 0.25) is 5.02 Å². The number of benzene rings is 2. The van der Waals surface area contributed by atoms with Gasteiger partial charge >= 0.3 is 0 Å². The molecular weight excluding hydrogens is 412 g/mol. The number of anilines is 2. The highest BCUT2D eigenvalue weighted by atomic mass is 35.5. The molecule has 30 heavy (non-hydrogen) atoms. The molecule has 1 saturated heterocycles. The lowest BCUT2D eigenvalue weighted by Crippen LogP contribution is -2.36. The summed E-state index contributed by atoms with van der Waals surface area (Å²) < 4.78 is 27.4. The van der Waals surface area contributed by atoms with Gasteiger partial charge in [0.25, 0.3) is 0 Å². The molecule has 1 fully saturated rings. The molecule has 4 rings (SSSR count). The van der Waals surface area contributed by atoms with E-state index >= 15 is 0 Å². The van der Waals surface area contributed by atoms with Crippen molar-refractivity contribution >= 4 is 34.8 Å². The third-order valence-corrected chi connectivity index (χ3v) is 5.73. The van der Waals surface area contributed by atoms with Crippen LogP contribution in [0.1, 0.15) is 24.0 Å². The standard InChI is InChI=1S/C22H20ClF2N3O2/c1-12-2-3-13-9-16(4-5-19(13)27-12)28-7-6-17(22(28)30)21(29)26-11-14-8-15(24)10-18(23)20(14)25/h4-5,8-10,17,27H,1-3,6-7,11H2,(H,26,29). The first kappa shape index (κ1) is 20.3. The zero-order valence-corrected chi connectivity index (χ0v) is 16.9. The minimum Gasteiger partial charge on any atom is -0.359 e. The monoisotopic (exact) mass is 431 g/mol. The molecule has 2 N–H and O–H groups in total. The van der Waals surface area contributed by atoms with Crippen molar-refractivity contribution in [2.75, 3.05) is 16.8 Å². The lowest BCUT2D eigenvalue weighted by molar-refractivity contribution is -0.132. The van der Waals surface area contributed by atoms with Gasteiger partial charge in [0.1, 0.15) is 17.6 Å².